The predicted molar refractivity (Wildman–Crippen MR) is 107 cm³/mol. The molecular formula is C23H25N3O2. The standard InChI is InChI=1S/C23H25N3O2/c24-14-20-6-2-12-25-22(20)18-8-10-19(11-9-18)23(27)26(15-17-4-1-5-17)16-21-7-3-13-28-21/h2,6,8-12,17,21H,1,3-5,7,13,15-16H2. The van der Waals surface area contributed by atoms with Gasteiger partial charge < -0.3 is 9.64 Å². The molecule has 28 heavy (non-hydrogen) atoms. The van der Waals surface area contributed by atoms with Crippen molar-refractivity contribution in [3.8, 4) is 17.3 Å². The van der Waals surface area contributed by atoms with Gasteiger partial charge in [0.25, 0.3) is 5.91 Å². The van der Waals surface area contributed by atoms with Crippen molar-refractivity contribution >= 4 is 5.91 Å². The third kappa shape index (κ3) is 4.07. The molecule has 2 fully saturated rings. The number of benzene rings is 1. The summed E-state index contributed by atoms with van der Waals surface area (Å²) in [6, 6.07) is 13.1. The Labute approximate surface area is 166 Å². The average Bonchev–Trinajstić information content (AvgIpc) is 3.22. The number of carbonyl (C=O) groups is 1. The lowest BCUT2D eigenvalue weighted by molar-refractivity contribution is 0.0448. The number of amides is 1. The van der Waals surface area contributed by atoms with Gasteiger partial charge in [-0.25, -0.2) is 0 Å². The third-order valence-electron chi connectivity index (χ3n) is 5.77. The Kier molecular flexibility index (Phi) is 5.68. The second kappa shape index (κ2) is 8.53. The first-order valence-electron chi connectivity index (χ1n) is 10.1. The molecule has 1 aromatic heterocycles. The maximum Gasteiger partial charge on any atom is 0.253 e. The van der Waals surface area contributed by atoms with Crippen molar-refractivity contribution in [2.75, 3.05) is 19.7 Å². The van der Waals surface area contributed by atoms with E-state index in [1.165, 1.54) is 19.3 Å². The Morgan fingerprint density at radius 1 is 1.14 bits per heavy atom. The summed E-state index contributed by atoms with van der Waals surface area (Å²) in [5.74, 6) is 0.687. The van der Waals surface area contributed by atoms with Crippen LogP contribution in [-0.4, -0.2) is 41.6 Å². The van der Waals surface area contributed by atoms with E-state index >= 15 is 0 Å². The zero-order valence-electron chi connectivity index (χ0n) is 16.0. The van der Waals surface area contributed by atoms with Crippen LogP contribution in [0.1, 0.15) is 48.0 Å². The molecule has 1 unspecified atom stereocenters. The fourth-order valence-electron chi connectivity index (χ4n) is 3.94. The molecule has 144 valence electrons. The summed E-state index contributed by atoms with van der Waals surface area (Å²) < 4.78 is 5.77. The summed E-state index contributed by atoms with van der Waals surface area (Å²) in [5.41, 5.74) is 2.70. The van der Waals surface area contributed by atoms with Gasteiger partial charge in [-0.15, -0.1) is 0 Å². The lowest BCUT2D eigenvalue weighted by Crippen LogP contribution is -2.41. The van der Waals surface area contributed by atoms with E-state index in [9.17, 15) is 10.1 Å². The SMILES string of the molecule is N#Cc1cccnc1-c1ccc(C(=O)N(CC2CCC2)CC2CCCO2)cc1. The summed E-state index contributed by atoms with van der Waals surface area (Å²) in [4.78, 5) is 19.5. The number of aromatic nitrogens is 1. The van der Waals surface area contributed by atoms with Crippen molar-refractivity contribution < 1.29 is 9.53 Å². The van der Waals surface area contributed by atoms with Crippen LogP contribution >= 0.6 is 0 Å². The van der Waals surface area contributed by atoms with E-state index in [0.717, 1.165) is 31.6 Å². The predicted octanol–water partition coefficient (Wildman–Crippen LogP) is 4.04. The molecule has 2 aromatic rings. The van der Waals surface area contributed by atoms with Crippen LogP contribution in [0.4, 0.5) is 0 Å². The highest BCUT2D eigenvalue weighted by molar-refractivity contribution is 5.94. The van der Waals surface area contributed by atoms with Gasteiger partial charge in [0.1, 0.15) is 6.07 Å². The second-order valence-corrected chi connectivity index (χ2v) is 7.73. The summed E-state index contributed by atoms with van der Waals surface area (Å²) in [5, 5.41) is 9.28. The third-order valence-corrected chi connectivity index (χ3v) is 5.77. The molecule has 1 aliphatic carbocycles. The van der Waals surface area contributed by atoms with Crippen molar-refractivity contribution in [2.45, 2.75) is 38.2 Å². The minimum absolute atomic E-state index is 0.0653. The minimum atomic E-state index is 0.0653. The molecule has 2 aliphatic rings. The molecule has 1 aliphatic heterocycles. The largest absolute Gasteiger partial charge is 0.376 e. The van der Waals surface area contributed by atoms with E-state index in [-0.39, 0.29) is 12.0 Å². The Hall–Kier alpha value is -2.71. The molecular weight excluding hydrogens is 350 g/mol. The lowest BCUT2D eigenvalue weighted by Gasteiger charge is -2.33. The molecule has 4 rings (SSSR count). The van der Waals surface area contributed by atoms with Gasteiger partial charge in [0, 0.05) is 37.0 Å². The van der Waals surface area contributed by atoms with Crippen molar-refractivity contribution in [2.24, 2.45) is 5.92 Å². The first kappa shape index (κ1) is 18.6. The van der Waals surface area contributed by atoms with Crippen LogP contribution in [0.15, 0.2) is 42.6 Å². The van der Waals surface area contributed by atoms with Gasteiger partial charge in [-0.2, -0.15) is 5.26 Å². The van der Waals surface area contributed by atoms with Crippen LogP contribution in [-0.2, 0) is 4.74 Å². The Morgan fingerprint density at radius 3 is 2.61 bits per heavy atom. The van der Waals surface area contributed by atoms with Crippen LogP contribution in [0.5, 0.6) is 0 Å². The topological polar surface area (TPSA) is 66.2 Å². The zero-order valence-corrected chi connectivity index (χ0v) is 16.0. The molecule has 2 heterocycles. The van der Waals surface area contributed by atoms with Crippen LogP contribution < -0.4 is 0 Å². The molecule has 0 radical (unpaired) electrons. The molecule has 0 spiro atoms. The van der Waals surface area contributed by atoms with E-state index in [1.54, 1.807) is 18.3 Å². The number of carbonyl (C=O) groups excluding carboxylic acids is 1. The first-order chi connectivity index (χ1) is 13.7. The number of nitriles is 1. The number of rotatable bonds is 6. The molecule has 5 nitrogen and oxygen atoms in total. The van der Waals surface area contributed by atoms with Gasteiger partial charge in [0.2, 0.25) is 0 Å². The van der Waals surface area contributed by atoms with Gasteiger partial charge >= 0.3 is 0 Å². The quantitative estimate of drug-likeness (QED) is 0.764. The van der Waals surface area contributed by atoms with Gasteiger partial charge in [0.15, 0.2) is 0 Å². The van der Waals surface area contributed by atoms with Crippen molar-refractivity contribution in [3.05, 3.63) is 53.7 Å². The average molecular weight is 375 g/mol. The van der Waals surface area contributed by atoms with Crippen LogP contribution in [0.2, 0.25) is 0 Å². The summed E-state index contributed by atoms with van der Waals surface area (Å²) in [6.45, 7) is 2.30. The smallest absolute Gasteiger partial charge is 0.253 e. The monoisotopic (exact) mass is 375 g/mol. The van der Waals surface area contributed by atoms with Crippen molar-refractivity contribution in [3.63, 3.8) is 0 Å². The Bertz CT molecular complexity index is 862. The van der Waals surface area contributed by atoms with E-state index in [2.05, 4.69) is 11.1 Å². The summed E-state index contributed by atoms with van der Waals surface area (Å²) in [7, 11) is 0. The lowest BCUT2D eigenvalue weighted by atomic mass is 9.85. The van der Waals surface area contributed by atoms with E-state index < -0.39 is 0 Å². The van der Waals surface area contributed by atoms with Crippen LogP contribution in [0.3, 0.4) is 0 Å². The van der Waals surface area contributed by atoms with Crippen molar-refractivity contribution in [1.29, 1.82) is 5.26 Å². The van der Waals surface area contributed by atoms with Gasteiger partial charge in [-0.3, -0.25) is 9.78 Å². The number of ether oxygens (including phenoxy) is 1. The highest BCUT2D eigenvalue weighted by Crippen LogP contribution is 2.29. The fraction of sp³-hybridized carbons (Fsp3) is 0.435. The van der Waals surface area contributed by atoms with Crippen LogP contribution in [0, 0.1) is 17.2 Å². The van der Waals surface area contributed by atoms with Crippen LogP contribution in [0.25, 0.3) is 11.3 Å². The molecule has 1 atom stereocenters. The molecule has 1 saturated heterocycles. The number of pyridine rings is 1. The summed E-state index contributed by atoms with van der Waals surface area (Å²) >= 11 is 0. The van der Waals surface area contributed by atoms with Gasteiger partial charge in [0.05, 0.1) is 17.4 Å². The Balaban J connectivity index is 1.52. The van der Waals surface area contributed by atoms with E-state index in [4.69, 9.17) is 4.74 Å². The maximum atomic E-state index is 13.2. The number of hydrogen-bond donors (Lipinski definition) is 0. The van der Waals surface area contributed by atoms with E-state index in [0.29, 0.717) is 29.3 Å². The maximum absolute atomic E-state index is 13.2. The first-order valence-corrected chi connectivity index (χ1v) is 10.1. The summed E-state index contributed by atoms with van der Waals surface area (Å²) in [6.07, 6.45) is 7.65. The Morgan fingerprint density at radius 2 is 1.96 bits per heavy atom. The number of hydrogen-bond acceptors (Lipinski definition) is 4. The minimum Gasteiger partial charge on any atom is -0.376 e. The van der Waals surface area contributed by atoms with Gasteiger partial charge in [-0.05, 0) is 55.9 Å². The number of nitrogens with zero attached hydrogens (tertiary/aromatic N) is 3. The molecule has 1 amide bonds. The van der Waals surface area contributed by atoms with Gasteiger partial charge in [-0.1, -0.05) is 18.6 Å². The van der Waals surface area contributed by atoms with E-state index in [1.807, 2.05) is 29.2 Å². The highest BCUT2D eigenvalue weighted by atomic mass is 16.5. The molecule has 5 heteroatoms. The normalized spacial score (nSPS) is 19.0. The molecule has 1 saturated carbocycles. The zero-order chi connectivity index (χ0) is 19.3. The molecule has 0 N–H and O–H groups in total. The second-order valence-electron chi connectivity index (χ2n) is 7.73. The fourth-order valence-corrected chi connectivity index (χ4v) is 3.94. The molecule has 1 aromatic carbocycles. The highest BCUT2D eigenvalue weighted by Gasteiger charge is 2.28. The van der Waals surface area contributed by atoms with Crippen molar-refractivity contribution in [1.82, 2.24) is 9.88 Å². The molecule has 0 bridgehead atoms.